The van der Waals surface area contributed by atoms with Crippen molar-refractivity contribution in [2.24, 2.45) is 0 Å². The molecule has 0 saturated heterocycles. The average molecular weight is 484 g/mol. The first-order chi connectivity index (χ1) is 14.4. The fourth-order valence-electron chi connectivity index (χ4n) is 1.81. The number of aryl methyl sites for hydroxylation is 2. The van der Waals surface area contributed by atoms with E-state index in [1.54, 1.807) is 61.7 Å². The summed E-state index contributed by atoms with van der Waals surface area (Å²) in [6.07, 6.45) is 10.2. The molecule has 0 unspecified atom stereocenters. The van der Waals surface area contributed by atoms with Gasteiger partial charge in [0.05, 0.1) is 24.6 Å². The number of carboxylic acids is 2. The van der Waals surface area contributed by atoms with Crippen molar-refractivity contribution in [3.63, 3.8) is 0 Å². The average Bonchev–Trinajstić information content (AvgIpc) is 3.48. The molecule has 9 nitrogen and oxygen atoms in total. The molecule has 0 aliphatic heterocycles. The maximum atomic E-state index is 10.2. The van der Waals surface area contributed by atoms with E-state index in [2.05, 4.69) is 19.9 Å². The number of hydrogen-bond donors (Lipinski definition) is 2. The summed E-state index contributed by atoms with van der Waals surface area (Å²) in [5.74, 6) is -2.25. The van der Waals surface area contributed by atoms with Gasteiger partial charge in [-0.2, -0.15) is 0 Å². The number of H-pyrrole nitrogens is 2. The van der Waals surface area contributed by atoms with Gasteiger partial charge in [-0.1, -0.05) is 59.7 Å². The molecule has 0 radical (unpaired) electrons. The first-order valence-corrected chi connectivity index (χ1v) is 8.81. The molecule has 5 N–H and O–H groups in total. The van der Waals surface area contributed by atoms with Crippen LogP contribution in [0.25, 0.3) is 0 Å². The number of carbonyl (C=O) groups excluding carboxylic acids is 2. The molecule has 0 aliphatic carbocycles. The smallest absolute Gasteiger partial charge is 0.545 e. The standard InChI is InChI=1S/2C8H8O2.2C3H4N2.Ni.H2O/c2*1-6-2-4-7(5-3-6)8(9)10;2*1-2-5-3-4-1;;/h2*2-5H,1H3,(H,9,10);2*1-3H,(H,4,5);;1H2/q;;;;+2;/p-1. The van der Waals surface area contributed by atoms with E-state index >= 15 is 0 Å². The Kier molecular flexibility index (Phi) is 17.2. The Balaban J connectivity index is 0. The third-order valence-electron chi connectivity index (χ3n) is 3.39. The molecule has 2 aromatic carbocycles. The van der Waals surface area contributed by atoms with Crippen molar-refractivity contribution in [3.05, 3.63) is 108 Å². The van der Waals surface area contributed by atoms with Crippen LogP contribution in [0.2, 0.25) is 0 Å². The van der Waals surface area contributed by atoms with Crippen molar-refractivity contribution in [2.75, 3.05) is 0 Å². The van der Waals surface area contributed by atoms with Gasteiger partial charge in [0.1, 0.15) is 0 Å². The van der Waals surface area contributed by atoms with Gasteiger partial charge in [0, 0.05) is 24.8 Å². The molecule has 2 aromatic heterocycles. The molecule has 0 fully saturated rings. The van der Waals surface area contributed by atoms with Crippen LogP contribution < -0.4 is 10.2 Å². The first-order valence-electron chi connectivity index (χ1n) is 8.81. The van der Waals surface area contributed by atoms with Crippen LogP contribution in [0, 0.1) is 13.8 Å². The largest absolute Gasteiger partial charge is 2.00 e. The maximum Gasteiger partial charge on any atom is 2.00 e. The summed E-state index contributed by atoms with van der Waals surface area (Å²) in [4.78, 5) is 33.2. The van der Waals surface area contributed by atoms with Gasteiger partial charge in [0.15, 0.2) is 0 Å². The number of aromatic amines is 2. The van der Waals surface area contributed by atoms with Gasteiger partial charge in [0.2, 0.25) is 0 Å². The van der Waals surface area contributed by atoms with Crippen LogP contribution in [0.1, 0.15) is 31.8 Å². The van der Waals surface area contributed by atoms with Crippen molar-refractivity contribution >= 4 is 11.9 Å². The summed E-state index contributed by atoms with van der Waals surface area (Å²) < 4.78 is 0. The van der Waals surface area contributed by atoms with E-state index in [1.807, 2.05) is 13.8 Å². The Labute approximate surface area is 195 Å². The molecule has 10 heteroatoms. The summed E-state index contributed by atoms with van der Waals surface area (Å²) in [5, 5.41) is 20.4. The molecule has 0 spiro atoms. The molecule has 0 atom stereocenters. The van der Waals surface area contributed by atoms with E-state index in [-0.39, 0.29) is 33.1 Å². The topological polar surface area (TPSA) is 171 Å². The number of benzene rings is 2. The van der Waals surface area contributed by atoms with Gasteiger partial charge >= 0.3 is 16.5 Å². The zero-order valence-corrected chi connectivity index (χ0v) is 18.5. The number of imidazole rings is 2. The Hall–Kier alpha value is -3.75. The number of aromatic carboxylic acids is 2. The molecule has 0 amide bonds. The molecule has 32 heavy (non-hydrogen) atoms. The van der Waals surface area contributed by atoms with Crippen LogP contribution in [-0.4, -0.2) is 31.9 Å². The van der Waals surface area contributed by atoms with Crippen molar-refractivity contribution in [2.45, 2.75) is 13.8 Å². The summed E-state index contributed by atoms with van der Waals surface area (Å²) in [7, 11) is 0. The van der Waals surface area contributed by atoms with E-state index < -0.39 is 11.9 Å². The SMILES string of the molecule is Cc1ccc(C(=O)[O-])cc1.Cc1ccc(C(=O)[O-])cc1.[Ni+2].[OH3+].c1c[nH]cn1.c1c[nH]cn1. The molecule has 0 aliphatic rings. The second kappa shape index (κ2) is 18.1. The van der Waals surface area contributed by atoms with Crippen molar-refractivity contribution in [1.29, 1.82) is 0 Å². The second-order valence-corrected chi connectivity index (χ2v) is 5.83. The fraction of sp³-hybridized carbons (Fsp3) is 0.0909. The summed E-state index contributed by atoms with van der Waals surface area (Å²) in [6, 6.07) is 13.1. The third-order valence-corrected chi connectivity index (χ3v) is 3.39. The summed E-state index contributed by atoms with van der Waals surface area (Å²) in [5.41, 5.74) is 2.55. The number of rotatable bonds is 2. The van der Waals surface area contributed by atoms with Crippen molar-refractivity contribution in [3.8, 4) is 0 Å². The number of carbonyl (C=O) groups is 2. The third kappa shape index (κ3) is 14.3. The Bertz CT molecular complexity index is 843. The van der Waals surface area contributed by atoms with Gasteiger partial charge in [-0.05, 0) is 25.0 Å². The molecular formula is C22H25N4NiO5+. The van der Waals surface area contributed by atoms with Gasteiger partial charge < -0.3 is 35.2 Å². The van der Waals surface area contributed by atoms with Gasteiger partial charge in [-0.15, -0.1) is 0 Å². The van der Waals surface area contributed by atoms with Crippen LogP contribution >= 0.6 is 0 Å². The van der Waals surface area contributed by atoms with Crippen LogP contribution in [0.4, 0.5) is 0 Å². The number of carboxylic acid groups (broad SMARTS) is 2. The predicted octanol–water partition coefficient (Wildman–Crippen LogP) is 0.612. The van der Waals surface area contributed by atoms with E-state index in [0.717, 1.165) is 11.1 Å². The number of nitrogens with zero attached hydrogens (tertiary/aromatic N) is 2. The van der Waals surface area contributed by atoms with E-state index in [1.165, 1.54) is 24.3 Å². The molecule has 4 rings (SSSR count). The van der Waals surface area contributed by atoms with Crippen LogP contribution in [0.3, 0.4) is 0 Å². The van der Waals surface area contributed by atoms with E-state index in [4.69, 9.17) is 0 Å². The van der Waals surface area contributed by atoms with Gasteiger partial charge in [-0.3, -0.25) is 0 Å². The van der Waals surface area contributed by atoms with Gasteiger partial charge in [-0.25, -0.2) is 9.97 Å². The number of hydrogen-bond acceptors (Lipinski definition) is 6. The Morgan fingerprint density at radius 3 is 1.16 bits per heavy atom. The minimum absolute atomic E-state index is 0. The van der Waals surface area contributed by atoms with Crippen LogP contribution in [-0.2, 0) is 22.0 Å². The van der Waals surface area contributed by atoms with E-state index in [0.29, 0.717) is 0 Å². The second-order valence-electron chi connectivity index (χ2n) is 5.83. The molecule has 0 saturated carbocycles. The van der Waals surface area contributed by atoms with E-state index in [9.17, 15) is 19.8 Å². The van der Waals surface area contributed by atoms with Crippen molar-refractivity contribution in [1.82, 2.24) is 19.9 Å². The number of nitrogens with one attached hydrogen (secondary N) is 2. The Morgan fingerprint density at radius 2 is 1.00 bits per heavy atom. The van der Waals surface area contributed by atoms with Crippen LogP contribution in [0.5, 0.6) is 0 Å². The first kappa shape index (κ1) is 30.4. The Morgan fingerprint density at radius 1 is 0.688 bits per heavy atom. The summed E-state index contributed by atoms with van der Waals surface area (Å²) in [6.45, 7) is 3.80. The molecule has 0 bridgehead atoms. The minimum atomic E-state index is -1.12. The zero-order chi connectivity index (χ0) is 22.2. The van der Waals surface area contributed by atoms with Crippen molar-refractivity contribution < 1.29 is 41.8 Å². The quantitative estimate of drug-likeness (QED) is 0.312. The number of aromatic nitrogens is 4. The minimum Gasteiger partial charge on any atom is -0.545 e. The molecule has 4 aromatic rings. The predicted molar refractivity (Wildman–Crippen MR) is 113 cm³/mol. The normalized spacial score (nSPS) is 8.31. The zero-order valence-electron chi connectivity index (χ0n) is 17.5. The molecule has 2 heterocycles. The maximum absolute atomic E-state index is 10.2. The summed E-state index contributed by atoms with van der Waals surface area (Å²) >= 11 is 0. The molecule has 172 valence electrons. The monoisotopic (exact) mass is 483 g/mol. The van der Waals surface area contributed by atoms with Crippen LogP contribution in [0.15, 0.2) is 86.0 Å². The van der Waals surface area contributed by atoms with Gasteiger partial charge in [0.25, 0.3) is 0 Å². The molecular weight excluding hydrogens is 459 g/mol. The fourth-order valence-corrected chi connectivity index (χ4v) is 1.81.